The van der Waals surface area contributed by atoms with Crippen LogP contribution in [-0.4, -0.2) is 24.2 Å². The molecule has 1 aromatic heterocycles. The van der Waals surface area contributed by atoms with Gasteiger partial charge in [0.1, 0.15) is 4.60 Å². The normalized spacial score (nSPS) is 11.0. The van der Waals surface area contributed by atoms with Gasteiger partial charge >= 0.3 is 5.97 Å². The second-order valence-corrected chi connectivity index (χ2v) is 6.41. The van der Waals surface area contributed by atoms with Gasteiger partial charge in [0.05, 0.1) is 18.2 Å². The minimum atomic E-state index is -0.536. The maximum Gasteiger partial charge on any atom is 0.336 e. The molecule has 0 N–H and O–H groups in total. The average Bonchev–Trinajstić information content (AvgIpc) is 2.56. The quantitative estimate of drug-likeness (QED) is 0.373. The van der Waals surface area contributed by atoms with E-state index in [1.165, 1.54) is 13.2 Å². The van der Waals surface area contributed by atoms with Crippen molar-refractivity contribution in [1.82, 2.24) is 4.98 Å². The molecule has 0 atom stereocenters. The first kappa shape index (κ1) is 19.3. The number of nitrogens with zero attached hydrogens (tertiary/aromatic N) is 1. The summed E-state index contributed by atoms with van der Waals surface area (Å²) in [5, 5.41) is 0.399. The summed E-state index contributed by atoms with van der Waals surface area (Å²) in [7, 11) is 1.53. The van der Waals surface area contributed by atoms with Crippen molar-refractivity contribution < 1.29 is 19.0 Å². The zero-order chi connectivity index (χ0) is 18.4. The van der Waals surface area contributed by atoms with Gasteiger partial charge in [-0.2, -0.15) is 0 Å². The lowest BCUT2D eigenvalue weighted by atomic mass is 10.2. The summed E-state index contributed by atoms with van der Waals surface area (Å²) in [4.78, 5) is 15.9. The standard InChI is InChI=1S/C18H17BrClNO4/c1-11(2)24-17-13(20)9-12(10-15(17)23-3)6-7-16(22)25-14-5-4-8-21-18(14)19/h4-11H,1-3H3. The van der Waals surface area contributed by atoms with E-state index in [4.69, 9.17) is 25.8 Å². The van der Waals surface area contributed by atoms with Crippen LogP contribution in [0.15, 0.2) is 41.1 Å². The highest BCUT2D eigenvalue weighted by atomic mass is 79.9. The summed E-state index contributed by atoms with van der Waals surface area (Å²) < 4.78 is 16.6. The predicted octanol–water partition coefficient (Wildman–Crippen LogP) is 4.91. The Morgan fingerprint density at radius 2 is 2.08 bits per heavy atom. The molecule has 0 aliphatic carbocycles. The number of methoxy groups -OCH3 is 1. The van der Waals surface area contributed by atoms with Crippen molar-refractivity contribution in [3.8, 4) is 17.2 Å². The maximum atomic E-state index is 11.9. The first-order valence-electron chi connectivity index (χ1n) is 7.45. The fourth-order valence-corrected chi connectivity index (χ4v) is 2.54. The van der Waals surface area contributed by atoms with Gasteiger partial charge in [-0.15, -0.1) is 0 Å². The number of pyridine rings is 1. The van der Waals surface area contributed by atoms with E-state index in [9.17, 15) is 4.79 Å². The fraction of sp³-hybridized carbons (Fsp3) is 0.222. The van der Waals surface area contributed by atoms with Crippen molar-refractivity contribution in [2.45, 2.75) is 20.0 Å². The largest absolute Gasteiger partial charge is 0.493 e. The Balaban J connectivity index is 2.16. The number of ether oxygens (including phenoxy) is 3. The van der Waals surface area contributed by atoms with Crippen LogP contribution in [0.5, 0.6) is 17.2 Å². The van der Waals surface area contributed by atoms with Crippen molar-refractivity contribution in [3.63, 3.8) is 0 Å². The molecule has 0 aliphatic rings. The van der Waals surface area contributed by atoms with Gasteiger partial charge in [0.2, 0.25) is 0 Å². The van der Waals surface area contributed by atoms with E-state index in [2.05, 4.69) is 20.9 Å². The van der Waals surface area contributed by atoms with Gasteiger partial charge in [-0.25, -0.2) is 9.78 Å². The smallest absolute Gasteiger partial charge is 0.336 e. The van der Waals surface area contributed by atoms with Gasteiger partial charge in [0, 0.05) is 12.3 Å². The van der Waals surface area contributed by atoms with E-state index in [-0.39, 0.29) is 6.10 Å². The molecule has 2 rings (SSSR count). The van der Waals surface area contributed by atoms with Crippen LogP contribution in [0.1, 0.15) is 19.4 Å². The Bertz CT molecular complexity index is 793. The molecule has 0 amide bonds. The van der Waals surface area contributed by atoms with E-state index < -0.39 is 5.97 Å². The molecule has 7 heteroatoms. The number of rotatable bonds is 6. The molecule has 25 heavy (non-hydrogen) atoms. The van der Waals surface area contributed by atoms with Crippen molar-refractivity contribution in [1.29, 1.82) is 0 Å². The summed E-state index contributed by atoms with van der Waals surface area (Å²) >= 11 is 9.47. The Labute approximate surface area is 159 Å². The van der Waals surface area contributed by atoms with Crippen molar-refractivity contribution in [3.05, 3.63) is 51.7 Å². The third-order valence-electron chi connectivity index (χ3n) is 2.95. The molecule has 0 unspecified atom stereocenters. The number of aromatic nitrogens is 1. The van der Waals surface area contributed by atoms with Crippen LogP contribution in [0.2, 0.25) is 5.02 Å². The molecule has 132 valence electrons. The zero-order valence-corrected chi connectivity index (χ0v) is 16.3. The van der Waals surface area contributed by atoms with Crippen molar-refractivity contribution in [2.24, 2.45) is 0 Å². The van der Waals surface area contributed by atoms with E-state index in [0.29, 0.717) is 32.4 Å². The number of carbonyl (C=O) groups excluding carboxylic acids is 1. The molecule has 0 bridgehead atoms. The zero-order valence-electron chi connectivity index (χ0n) is 14.0. The van der Waals surface area contributed by atoms with Crippen LogP contribution in [0.4, 0.5) is 0 Å². The minimum Gasteiger partial charge on any atom is -0.493 e. The molecule has 0 aliphatic heterocycles. The molecule has 1 heterocycles. The molecule has 5 nitrogen and oxygen atoms in total. The lowest BCUT2D eigenvalue weighted by Crippen LogP contribution is -2.07. The number of benzene rings is 1. The topological polar surface area (TPSA) is 57.7 Å². The van der Waals surface area contributed by atoms with E-state index in [1.807, 2.05) is 13.8 Å². The Morgan fingerprint density at radius 1 is 1.32 bits per heavy atom. The van der Waals surface area contributed by atoms with Crippen molar-refractivity contribution >= 4 is 39.6 Å². The molecule has 0 fully saturated rings. The summed E-state index contributed by atoms with van der Waals surface area (Å²) in [5.41, 5.74) is 0.681. The highest BCUT2D eigenvalue weighted by Crippen LogP contribution is 2.37. The summed E-state index contributed by atoms with van der Waals surface area (Å²) in [6.45, 7) is 3.80. The third kappa shape index (κ3) is 5.47. The molecular formula is C18H17BrClNO4. The molecule has 1 aromatic carbocycles. The van der Waals surface area contributed by atoms with E-state index in [1.54, 1.807) is 36.5 Å². The number of esters is 1. The van der Waals surface area contributed by atoms with Gasteiger partial charge in [-0.05, 0) is 65.7 Å². The van der Waals surface area contributed by atoms with Crippen molar-refractivity contribution in [2.75, 3.05) is 7.11 Å². The monoisotopic (exact) mass is 425 g/mol. The fourth-order valence-electron chi connectivity index (χ4n) is 1.94. The van der Waals surface area contributed by atoms with E-state index >= 15 is 0 Å². The summed E-state index contributed by atoms with van der Waals surface area (Å²) in [6.07, 6.45) is 4.43. The van der Waals surface area contributed by atoms with Gasteiger partial charge in [0.25, 0.3) is 0 Å². The first-order valence-corrected chi connectivity index (χ1v) is 8.62. The maximum absolute atomic E-state index is 11.9. The molecule has 0 saturated carbocycles. The summed E-state index contributed by atoms with van der Waals surface area (Å²) in [5.74, 6) is 0.766. The molecule has 0 radical (unpaired) electrons. The second-order valence-electron chi connectivity index (χ2n) is 5.25. The van der Waals surface area contributed by atoms with Gasteiger partial charge in [0.15, 0.2) is 17.2 Å². The Kier molecular flexibility index (Phi) is 6.84. The molecule has 0 spiro atoms. The van der Waals surface area contributed by atoms with Crippen LogP contribution in [0.3, 0.4) is 0 Å². The lowest BCUT2D eigenvalue weighted by molar-refractivity contribution is -0.128. The van der Waals surface area contributed by atoms with Crippen LogP contribution in [0, 0.1) is 0 Å². The lowest BCUT2D eigenvalue weighted by Gasteiger charge is -2.15. The van der Waals surface area contributed by atoms with Crippen LogP contribution < -0.4 is 14.2 Å². The van der Waals surface area contributed by atoms with Gasteiger partial charge in [-0.3, -0.25) is 0 Å². The Hall–Kier alpha value is -2.05. The Morgan fingerprint density at radius 3 is 2.72 bits per heavy atom. The average molecular weight is 427 g/mol. The number of carbonyl (C=O) groups is 1. The van der Waals surface area contributed by atoms with E-state index in [0.717, 1.165) is 0 Å². The number of halogens is 2. The highest BCUT2D eigenvalue weighted by Gasteiger charge is 2.13. The van der Waals surface area contributed by atoms with Crippen LogP contribution in [-0.2, 0) is 4.79 Å². The van der Waals surface area contributed by atoms with Gasteiger partial charge < -0.3 is 14.2 Å². The second kappa shape index (κ2) is 8.87. The number of hydrogen-bond acceptors (Lipinski definition) is 5. The predicted molar refractivity (Wildman–Crippen MR) is 100 cm³/mol. The first-order chi connectivity index (χ1) is 11.9. The SMILES string of the molecule is COc1cc(C=CC(=O)Oc2cccnc2Br)cc(Cl)c1OC(C)C. The molecular weight excluding hydrogens is 410 g/mol. The van der Waals surface area contributed by atoms with Crippen LogP contribution >= 0.6 is 27.5 Å². The minimum absolute atomic E-state index is 0.0410. The highest BCUT2D eigenvalue weighted by molar-refractivity contribution is 9.10. The molecule has 0 saturated heterocycles. The van der Waals surface area contributed by atoms with Crippen LogP contribution in [0.25, 0.3) is 6.08 Å². The molecule has 2 aromatic rings. The number of hydrogen-bond donors (Lipinski definition) is 0. The van der Waals surface area contributed by atoms with Gasteiger partial charge in [-0.1, -0.05) is 11.6 Å². The third-order valence-corrected chi connectivity index (χ3v) is 3.83. The summed E-state index contributed by atoms with van der Waals surface area (Å²) in [6, 6.07) is 6.73.